The second-order valence-electron chi connectivity index (χ2n) is 7.93. The van der Waals surface area contributed by atoms with Crippen molar-refractivity contribution in [3.05, 3.63) is 57.4 Å². The van der Waals surface area contributed by atoms with Crippen LogP contribution in [0.5, 0.6) is 0 Å². The molecule has 1 N–H and O–H groups in total. The van der Waals surface area contributed by atoms with Crippen LogP contribution in [0.25, 0.3) is 11.8 Å². The van der Waals surface area contributed by atoms with Gasteiger partial charge in [-0.2, -0.15) is 5.26 Å². The van der Waals surface area contributed by atoms with Crippen molar-refractivity contribution in [2.75, 3.05) is 0 Å². The fraction of sp³-hybridized carbons (Fsp3) is 0.417. The lowest BCUT2D eigenvalue weighted by atomic mass is 10.1. The van der Waals surface area contributed by atoms with Crippen LogP contribution in [0.4, 0.5) is 0 Å². The maximum atomic E-state index is 12.7. The molecule has 5 heteroatoms. The third-order valence-electron chi connectivity index (χ3n) is 5.74. The Kier molecular flexibility index (Phi) is 6.82. The quantitative estimate of drug-likeness (QED) is 0.394. The number of aromatic nitrogens is 1. The van der Waals surface area contributed by atoms with Gasteiger partial charge >= 0.3 is 0 Å². The maximum absolute atomic E-state index is 12.7. The molecule has 1 heterocycles. The Labute approximate surface area is 178 Å². The number of benzene rings is 1. The van der Waals surface area contributed by atoms with Crippen LogP contribution in [0.15, 0.2) is 29.8 Å². The first-order chi connectivity index (χ1) is 13.9. The predicted octanol–water partition coefficient (Wildman–Crippen LogP) is 5.80. The Morgan fingerprint density at radius 1 is 1.17 bits per heavy atom. The second kappa shape index (κ2) is 9.33. The molecule has 2 aromatic rings. The molecule has 3 rings (SSSR count). The van der Waals surface area contributed by atoms with E-state index in [1.54, 1.807) is 6.08 Å². The van der Waals surface area contributed by atoms with Gasteiger partial charge in [0, 0.05) is 28.1 Å². The molecule has 0 atom stereocenters. The van der Waals surface area contributed by atoms with E-state index in [1.165, 1.54) is 12.8 Å². The van der Waals surface area contributed by atoms with Gasteiger partial charge in [-0.1, -0.05) is 43.4 Å². The van der Waals surface area contributed by atoms with Gasteiger partial charge in [0.2, 0.25) is 0 Å². The summed E-state index contributed by atoms with van der Waals surface area (Å²) in [6.45, 7) is 5.97. The zero-order valence-corrected chi connectivity index (χ0v) is 18.1. The molecule has 1 saturated carbocycles. The van der Waals surface area contributed by atoms with Crippen LogP contribution in [0.1, 0.15) is 61.0 Å². The van der Waals surface area contributed by atoms with Gasteiger partial charge in [0.05, 0.1) is 0 Å². The Morgan fingerprint density at radius 2 is 1.86 bits per heavy atom. The molecular formula is C24H28ClN3O. The summed E-state index contributed by atoms with van der Waals surface area (Å²) < 4.78 is 2.09. The molecule has 0 bridgehead atoms. The van der Waals surface area contributed by atoms with Crippen molar-refractivity contribution in [2.45, 2.75) is 65.3 Å². The summed E-state index contributed by atoms with van der Waals surface area (Å²) in [7, 11) is 0. The molecule has 4 nitrogen and oxygen atoms in total. The van der Waals surface area contributed by atoms with Crippen molar-refractivity contribution in [3.8, 4) is 11.8 Å². The summed E-state index contributed by atoms with van der Waals surface area (Å²) in [6, 6.07) is 10.2. The fourth-order valence-corrected chi connectivity index (χ4v) is 4.22. The minimum Gasteiger partial charge on any atom is -0.349 e. The van der Waals surface area contributed by atoms with Crippen LogP contribution in [0, 0.1) is 32.1 Å². The number of halogens is 1. The van der Waals surface area contributed by atoms with Crippen molar-refractivity contribution in [1.29, 1.82) is 5.26 Å². The molecule has 152 valence electrons. The smallest absolute Gasteiger partial charge is 0.262 e. The molecule has 29 heavy (non-hydrogen) atoms. The molecule has 0 aliphatic heterocycles. The van der Waals surface area contributed by atoms with Crippen molar-refractivity contribution in [2.24, 2.45) is 0 Å². The summed E-state index contributed by atoms with van der Waals surface area (Å²) in [5.74, 6) is -0.275. The number of aryl methyl sites for hydroxylation is 2. The highest BCUT2D eigenvalue weighted by Crippen LogP contribution is 2.26. The molecule has 1 amide bonds. The maximum Gasteiger partial charge on any atom is 0.262 e. The average molecular weight is 410 g/mol. The van der Waals surface area contributed by atoms with Gasteiger partial charge in [-0.25, -0.2) is 0 Å². The van der Waals surface area contributed by atoms with Gasteiger partial charge < -0.3 is 9.88 Å². The minimum absolute atomic E-state index is 0.149. The highest BCUT2D eigenvalue weighted by atomic mass is 35.5. The third-order valence-corrected chi connectivity index (χ3v) is 6.15. The minimum atomic E-state index is -0.275. The number of hydrogen-bond donors (Lipinski definition) is 1. The lowest BCUT2D eigenvalue weighted by Gasteiger charge is -2.15. The molecule has 1 aliphatic carbocycles. The van der Waals surface area contributed by atoms with E-state index in [9.17, 15) is 10.1 Å². The van der Waals surface area contributed by atoms with Gasteiger partial charge in [-0.05, 0) is 69.0 Å². The van der Waals surface area contributed by atoms with Crippen molar-refractivity contribution in [3.63, 3.8) is 0 Å². The fourth-order valence-electron chi connectivity index (χ4n) is 4.04. The summed E-state index contributed by atoms with van der Waals surface area (Å²) in [6.07, 6.45) is 8.40. The number of amides is 1. The summed E-state index contributed by atoms with van der Waals surface area (Å²) in [5.41, 5.74) is 5.01. The topological polar surface area (TPSA) is 57.8 Å². The number of nitriles is 1. The molecule has 1 aliphatic rings. The summed E-state index contributed by atoms with van der Waals surface area (Å²) in [4.78, 5) is 12.7. The molecule has 0 unspecified atom stereocenters. The van der Waals surface area contributed by atoms with Crippen LogP contribution in [0.2, 0.25) is 5.02 Å². The monoisotopic (exact) mass is 409 g/mol. The van der Waals surface area contributed by atoms with E-state index in [0.29, 0.717) is 5.02 Å². The lowest BCUT2D eigenvalue weighted by molar-refractivity contribution is -0.117. The van der Waals surface area contributed by atoms with E-state index in [4.69, 9.17) is 11.6 Å². The van der Waals surface area contributed by atoms with Crippen LogP contribution >= 0.6 is 11.6 Å². The zero-order valence-electron chi connectivity index (χ0n) is 17.4. The molecule has 0 spiro atoms. The van der Waals surface area contributed by atoms with E-state index >= 15 is 0 Å². The first-order valence-corrected chi connectivity index (χ1v) is 10.7. The first kappa shape index (κ1) is 21.2. The average Bonchev–Trinajstić information content (AvgIpc) is 2.86. The largest absolute Gasteiger partial charge is 0.349 e. The first-order valence-electron chi connectivity index (χ1n) is 10.3. The van der Waals surface area contributed by atoms with E-state index in [2.05, 4.69) is 16.0 Å². The van der Waals surface area contributed by atoms with Gasteiger partial charge in [0.1, 0.15) is 11.6 Å². The standard InChI is InChI=1S/C24H28ClN3O/c1-16-10-11-22(14-23(16)25)28-17(2)12-19(18(28)3)13-20(15-26)24(29)27-21-8-6-4-5-7-9-21/h10-14,21H,4-9H2,1-3H3,(H,27,29)/b20-13+. The number of rotatable bonds is 4. The van der Waals surface area contributed by atoms with Crippen LogP contribution in [0.3, 0.4) is 0 Å². The van der Waals surface area contributed by atoms with Crippen LogP contribution in [-0.4, -0.2) is 16.5 Å². The Hall–Kier alpha value is -2.51. The number of carbonyl (C=O) groups is 1. The van der Waals surface area contributed by atoms with Gasteiger partial charge in [-0.15, -0.1) is 0 Å². The van der Waals surface area contributed by atoms with Gasteiger partial charge in [0.15, 0.2) is 0 Å². The Bertz CT molecular complexity index is 973. The highest BCUT2D eigenvalue weighted by Gasteiger charge is 2.18. The molecular weight excluding hydrogens is 382 g/mol. The predicted molar refractivity (Wildman–Crippen MR) is 118 cm³/mol. The Balaban J connectivity index is 1.87. The molecule has 1 aromatic heterocycles. The van der Waals surface area contributed by atoms with Crippen molar-refractivity contribution >= 4 is 23.6 Å². The van der Waals surface area contributed by atoms with E-state index in [-0.39, 0.29) is 17.5 Å². The van der Waals surface area contributed by atoms with Gasteiger partial charge in [0.25, 0.3) is 5.91 Å². The SMILES string of the molecule is Cc1ccc(-n2c(C)cc(/C=C(\C#N)C(=O)NC3CCCCCC3)c2C)cc1Cl. The number of nitrogens with zero attached hydrogens (tertiary/aromatic N) is 2. The van der Waals surface area contributed by atoms with Gasteiger partial charge in [-0.3, -0.25) is 4.79 Å². The summed E-state index contributed by atoms with van der Waals surface area (Å²) >= 11 is 6.31. The molecule has 1 aromatic carbocycles. The number of hydrogen-bond acceptors (Lipinski definition) is 2. The molecule has 0 radical (unpaired) electrons. The normalized spacial score (nSPS) is 15.6. The zero-order chi connectivity index (χ0) is 21.0. The molecule has 0 saturated heterocycles. The second-order valence-corrected chi connectivity index (χ2v) is 8.33. The van der Waals surface area contributed by atoms with Crippen molar-refractivity contribution in [1.82, 2.24) is 9.88 Å². The molecule has 1 fully saturated rings. The summed E-state index contributed by atoms with van der Waals surface area (Å²) in [5, 5.41) is 13.4. The van der Waals surface area contributed by atoms with E-state index in [0.717, 1.165) is 53.9 Å². The number of carbonyl (C=O) groups excluding carboxylic acids is 1. The van der Waals surface area contributed by atoms with E-state index in [1.807, 2.05) is 45.0 Å². The number of nitrogens with one attached hydrogen (secondary N) is 1. The van der Waals surface area contributed by atoms with Crippen LogP contribution in [-0.2, 0) is 4.79 Å². The van der Waals surface area contributed by atoms with E-state index < -0.39 is 0 Å². The highest BCUT2D eigenvalue weighted by molar-refractivity contribution is 6.31. The van der Waals surface area contributed by atoms with Crippen LogP contribution < -0.4 is 5.32 Å². The lowest BCUT2D eigenvalue weighted by Crippen LogP contribution is -2.35. The Morgan fingerprint density at radius 3 is 2.48 bits per heavy atom. The third kappa shape index (κ3) is 4.92. The van der Waals surface area contributed by atoms with Crippen molar-refractivity contribution < 1.29 is 4.79 Å².